The molecule has 0 bridgehead atoms. The van der Waals surface area contributed by atoms with E-state index in [9.17, 15) is 13.6 Å². The van der Waals surface area contributed by atoms with Crippen LogP contribution in [-0.4, -0.2) is 13.1 Å². The number of alkyl halides is 2. The molecule has 1 aliphatic rings. The Morgan fingerprint density at radius 2 is 2.00 bits per heavy atom. The first kappa shape index (κ1) is 10.9. The summed E-state index contributed by atoms with van der Waals surface area (Å²) in [4.78, 5) is 10.2. The van der Waals surface area contributed by atoms with E-state index >= 15 is 0 Å². The average Bonchev–Trinajstić information content (AvgIpc) is 2.71. The molecule has 0 spiro atoms. The highest BCUT2D eigenvalue weighted by atomic mass is 19.3. The molecule has 0 radical (unpaired) electrons. The van der Waals surface area contributed by atoms with Gasteiger partial charge in [0.1, 0.15) is 6.29 Å². The molecule has 0 atom stereocenters. The first-order valence-corrected chi connectivity index (χ1v) is 4.86. The van der Waals surface area contributed by atoms with Gasteiger partial charge in [0.15, 0.2) is 11.5 Å². The van der Waals surface area contributed by atoms with Crippen molar-refractivity contribution in [3.63, 3.8) is 0 Å². The number of hydrogen-bond donors (Lipinski definition) is 0. The Kier molecular flexibility index (Phi) is 3.03. The van der Waals surface area contributed by atoms with E-state index in [1.54, 1.807) is 0 Å². The molecule has 0 fully saturated rings. The van der Waals surface area contributed by atoms with Crippen LogP contribution in [0.1, 0.15) is 24.0 Å². The van der Waals surface area contributed by atoms with Gasteiger partial charge in [0, 0.05) is 12.0 Å². The molecule has 86 valence electrons. The monoisotopic (exact) mass is 228 g/mol. The molecule has 5 heteroatoms. The van der Waals surface area contributed by atoms with E-state index in [0.717, 1.165) is 0 Å². The van der Waals surface area contributed by atoms with Crippen molar-refractivity contribution in [3.8, 4) is 11.5 Å². The van der Waals surface area contributed by atoms with Gasteiger partial charge in [-0.15, -0.1) is 0 Å². The van der Waals surface area contributed by atoms with Crippen molar-refractivity contribution in [3.05, 3.63) is 23.3 Å². The van der Waals surface area contributed by atoms with Crippen molar-refractivity contribution in [2.24, 2.45) is 0 Å². The molecule has 1 heterocycles. The zero-order chi connectivity index (χ0) is 11.5. The van der Waals surface area contributed by atoms with E-state index in [-0.39, 0.29) is 18.8 Å². The summed E-state index contributed by atoms with van der Waals surface area (Å²) in [5, 5.41) is 0. The van der Waals surface area contributed by atoms with Gasteiger partial charge in [-0.2, -0.15) is 0 Å². The smallest absolute Gasteiger partial charge is 0.264 e. The number of carbonyl (C=O) groups excluding carboxylic acids is 1. The van der Waals surface area contributed by atoms with Crippen LogP contribution in [0.15, 0.2) is 12.1 Å². The Bertz CT molecular complexity index is 404. The SMILES string of the molecule is O=CCCc1cc2c(cc1C(F)F)OCO2. The van der Waals surface area contributed by atoms with Gasteiger partial charge in [0.2, 0.25) is 6.79 Å². The Balaban J connectivity index is 2.36. The van der Waals surface area contributed by atoms with Crippen LogP contribution in [0.3, 0.4) is 0 Å². The fourth-order valence-electron chi connectivity index (χ4n) is 1.63. The van der Waals surface area contributed by atoms with Crippen LogP contribution in [-0.2, 0) is 11.2 Å². The zero-order valence-electron chi connectivity index (χ0n) is 8.41. The van der Waals surface area contributed by atoms with E-state index in [1.165, 1.54) is 12.1 Å². The fraction of sp³-hybridized carbons (Fsp3) is 0.364. The number of carbonyl (C=O) groups is 1. The van der Waals surface area contributed by atoms with Gasteiger partial charge in [-0.1, -0.05) is 0 Å². The molecule has 0 N–H and O–H groups in total. The van der Waals surface area contributed by atoms with Gasteiger partial charge in [-0.3, -0.25) is 0 Å². The second kappa shape index (κ2) is 4.47. The minimum Gasteiger partial charge on any atom is -0.454 e. The molecule has 1 aromatic rings. The molecule has 0 saturated carbocycles. The van der Waals surface area contributed by atoms with Crippen molar-refractivity contribution in [1.82, 2.24) is 0 Å². The topological polar surface area (TPSA) is 35.5 Å². The lowest BCUT2D eigenvalue weighted by molar-refractivity contribution is -0.107. The largest absolute Gasteiger partial charge is 0.454 e. The number of halogens is 2. The Labute approximate surface area is 91.0 Å². The maximum absolute atomic E-state index is 12.7. The van der Waals surface area contributed by atoms with E-state index in [2.05, 4.69) is 0 Å². The number of aldehydes is 1. The van der Waals surface area contributed by atoms with E-state index in [1.807, 2.05) is 0 Å². The third-order valence-corrected chi connectivity index (χ3v) is 2.40. The molecular weight excluding hydrogens is 218 g/mol. The number of rotatable bonds is 4. The van der Waals surface area contributed by atoms with Crippen molar-refractivity contribution in [2.45, 2.75) is 19.3 Å². The summed E-state index contributed by atoms with van der Waals surface area (Å²) in [6.45, 7) is 0.0507. The molecule has 0 aromatic heterocycles. The first-order valence-electron chi connectivity index (χ1n) is 4.86. The minimum absolute atomic E-state index is 0.0507. The highest BCUT2D eigenvalue weighted by Gasteiger charge is 2.21. The van der Waals surface area contributed by atoms with Crippen molar-refractivity contribution >= 4 is 6.29 Å². The third kappa shape index (κ3) is 1.98. The number of hydrogen-bond acceptors (Lipinski definition) is 3. The maximum Gasteiger partial charge on any atom is 0.264 e. The third-order valence-electron chi connectivity index (χ3n) is 2.40. The lowest BCUT2D eigenvalue weighted by Gasteiger charge is -2.08. The Morgan fingerprint density at radius 1 is 1.31 bits per heavy atom. The van der Waals surface area contributed by atoms with Gasteiger partial charge < -0.3 is 14.3 Å². The van der Waals surface area contributed by atoms with E-state index in [0.29, 0.717) is 29.8 Å². The fourth-order valence-corrected chi connectivity index (χ4v) is 1.63. The van der Waals surface area contributed by atoms with Gasteiger partial charge >= 0.3 is 0 Å². The lowest BCUT2D eigenvalue weighted by Crippen LogP contribution is -1.96. The van der Waals surface area contributed by atoms with Crippen molar-refractivity contribution in [1.29, 1.82) is 0 Å². The van der Waals surface area contributed by atoms with Crippen molar-refractivity contribution < 1.29 is 23.0 Å². The van der Waals surface area contributed by atoms with E-state index < -0.39 is 6.43 Å². The van der Waals surface area contributed by atoms with Crippen LogP contribution in [0.25, 0.3) is 0 Å². The van der Waals surface area contributed by atoms with Crippen LogP contribution in [0.5, 0.6) is 11.5 Å². The standard InChI is InChI=1S/C11H10F2O3/c12-11(13)8-5-10-9(15-6-16-10)4-7(8)2-1-3-14/h3-5,11H,1-2,6H2. The van der Waals surface area contributed by atoms with Gasteiger partial charge in [0.25, 0.3) is 6.43 Å². The Morgan fingerprint density at radius 3 is 2.62 bits per heavy atom. The predicted octanol–water partition coefficient (Wildman–Crippen LogP) is 2.48. The predicted molar refractivity (Wildman–Crippen MR) is 51.9 cm³/mol. The molecule has 16 heavy (non-hydrogen) atoms. The van der Waals surface area contributed by atoms with Gasteiger partial charge in [-0.25, -0.2) is 8.78 Å². The number of aryl methyl sites for hydroxylation is 1. The summed E-state index contributed by atoms with van der Waals surface area (Å²) in [7, 11) is 0. The van der Waals surface area contributed by atoms with Gasteiger partial charge in [-0.05, 0) is 24.1 Å². The van der Waals surface area contributed by atoms with Crippen LogP contribution >= 0.6 is 0 Å². The molecule has 3 nitrogen and oxygen atoms in total. The summed E-state index contributed by atoms with van der Waals surface area (Å²) in [6, 6.07) is 2.81. The van der Waals surface area contributed by atoms with Gasteiger partial charge in [0.05, 0.1) is 0 Å². The van der Waals surface area contributed by atoms with Crippen molar-refractivity contribution in [2.75, 3.05) is 6.79 Å². The molecule has 0 unspecified atom stereocenters. The minimum atomic E-state index is -2.57. The second-order valence-electron chi connectivity index (χ2n) is 3.41. The van der Waals surface area contributed by atoms with Crippen LogP contribution in [0, 0.1) is 0 Å². The summed E-state index contributed by atoms with van der Waals surface area (Å²) in [6.07, 6.45) is -1.35. The quantitative estimate of drug-likeness (QED) is 0.742. The maximum atomic E-state index is 12.7. The molecule has 2 rings (SSSR count). The van der Waals surface area contributed by atoms with Crippen LogP contribution in [0.4, 0.5) is 8.78 Å². The van der Waals surface area contributed by atoms with Crippen LogP contribution < -0.4 is 9.47 Å². The molecule has 1 aliphatic heterocycles. The Hall–Kier alpha value is -1.65. The molecule has 0 amide bonds. The lowest BCUT2D eigenvalue weighted by atomic mass is 10.0. The zero-order valence-corrected chi connectivity index (χ0v) is 8.41. The summed E-state index contributed by atoms with van der Waals surface area (Å²) in [5.74, 6) is 0.801. The highest BCUT2D eigenvalue weighted by molar-refractivity contribution is 5.53. The highest BCUT2D eigenvalue weighted by Crippen LogP contribution is 2.38. The summed E-state index contributed by atoms with van der Waals surface area (Å²) < 4.78 is 35.6. The molecule has 0 saturated heterocycles. The van der Waals surface area contributed by atoms with Crippen LogP contribution in [0.2, 0.25) is 0 Å². The number of benzene rings is 1. The summed E-state index contributed by atoms with van der Waals surface area (Å²) >= 11 is 0. The first-order chi connectivity index (χ1) is 7.72. The average molecular weight is 228 g/mol. The van der Waals surface area contributed by atoms with E-state index in [4.69, 9.17) is 9.47 Å². The molecular formula is C11H10F2O3. The number of fused-ring (bicyclic) bond motifs is 1. The molecule has 0 aliphatic carbocycles. The summed E-state index contributed by atoms with van der Waals surface area (Å²) in [5.41, 5.74) is 0.345. The normalized spacial score (nSPS) is 13.2. The molecule has 1 aromatic carbocycles. The second-order valence-corrected chi connectivity index (χ2v) is 3.41. The number of ether oxygens (including phenoxy) is 2.